The summed E-state index contributed by atoms with van der Waals surface area (Å²) in [6.45, 7) is 0. The van der Waals surface area contributed by atoms with Crippen LogP contribution < -0.4 is 10.6 Å². The number of amides is 1. The number of imidazole rings is 1. The lowest BCUT2D eigenvalue weighted by Gasteiger charge is -2.30. The number of hydrogen-bond donors (Lipinski definition) is 2. The van der Waals surface area contributed by atoms with Gasteiger partial charge in [0.05, 0.1) is 0 Å². The Kier molecular flexibility index (Phi) is 5.18. The van der Waals surface area contributed by atoms with E-state index in [2.05, 4.69) is 21.7 Å². The number of nitrogens with zero attached hydrogens (tertiary/aromatic N) is 3. The normalized spacial score (nSPS) is 19.1. The van der Waals surface area contributed by atoms with Crippen LogP contribution in [0.25, 0.3) is 5.65 Å². The number of carbonyl (C=O) groups is 1. The zero-order valence-corrected chi connectivity index (χ0v) is 16.0. The standard InChI is InChI=1S/C21H20ClN5O/c22-15-6-4-14(5-7-15)21(28)26-17-10-8-16(9-11-17)24-19-2-1-3-20-25-18(12-23)13-27(19)20/h1-7,13,16-17,24H,8-11H2,(H,26,28). The SMILES string of the molecule is N#Cc1cn2c(NC3CCC(NC(=O)c4ccc(Cl)cc4)CC3)cccc2n1. The van der Waals surface area contributed by atoms with E-state index in [0.717, 1.165) is 37.1 Å². The fourth-order valence-electron chi connectivity index (χ4n) is 3.64. The summed E-state index contributed by atoms with van der Waals surface area (Å²) in [6, 6.07) is 15.3. The molecule has 1 amide bonds. The van der Waals surface area contributed by atoms with Crippen molar-refractivity contribution in [2.75, 3.05) is 5.32 Å². The minimum atomic E-state index is -0.0553. The molecular formula is C21H20ClN5O. The number of hydrogen-bond acceptors (Lipinski definition) is 4. The smallest absolute Gasteiger partial charge is 0.251 e. The maximum absolute atomic E-state index is 12.4. The van der Waals surface area contributed by atoms with Gasteiger partial charge in [0.1, 0.15) is 17.5 Å². The number of anilines is 1. The summed E-state index contributed by atoms with van der Waals surface area (Å²) >= 11 is 5.88. The highest BCUT2D eigenvalue weighted by Crippen LogP contribution is 2.23. The molecule has 3 aromatic rings. The quantitative estimate of drug-likeness (QED) is 0.701. The highest BCUT2D eigenvalue weighted by Gasteiger charge is 2.23. The third kappa shape index (κ3) is 3.95. The van der Waals surface area contributed by atoms with Crippen LogP contribution in [0.3, 0.4) is 0 Å². The van der Waals surface area contributed by atoms with E-state index >= 15 is 0 Å². The summed E-state index contributed by atoms with van der Waals surface area (Å²) < 4.78 is 1.91. The lowest BCUT2D eigenvalue weighted by Crippen LogP contribution is -2.40. The number of fused-ring (bicyclic) bond motifs is 1. The predicted octanol–water partition coefficient (Wildman–Crippen LogP) is 4.01. The molecule has 0 atom stereocenters. The number of halogens is 1. The summed E-state index contributed by atoms with van der Waals surface area (Å²) in [6.07, 6.45) is 5.50. The molecule has 0 aliphatic heterocycles. The van der Waals surface area contributed by atoms with Gasteiger partial charge in [0.15, 0.2) is 5.69 Å². The van der Waals surface area contributed by atoms with Crippen LogP contribution in [0, 0.1) is 11.3 Å². The van der Waals surface area contributed by atoms with Crippen molar-refractivity contribution >= 4 is 29.0 Å². The van der Waals surface area contributed by atoms with Crippen LogP contribution in [-0.4, -0.2) is 27.4 Å². The molecule has 2 aromatic heterocycles. The molecule has 1 aliphatic rings. The molecule has 0 saturated heterocycles. The van der Waals surface area contributed by atoms with E-state index < -0.39 is 0 Å². The summed E-state index contributed by atoms with van der Waals surface area (Å²) in [5.41, 5.74) is 1.79. The number of aromatic nitrogens is 2. The number of rotatable bonds is 4. The van der Waals surface area contributed by atoms with Crippen molar-refractivity contribution in [1.82, 2.24) is 14.7 Å². The van der Waals surface area contributed by atoms with E-state index in [9.17, 15) is 4.79 Å². The Morgan fingerprint density at radius 2 is 1.82 bits per heavy atom. The van der Waals surface area contributed by atoms with E-state index in [-0.39, 0.29) is 11.9 Å². The number of nitriles is 1. The van der Waals surface area contributed by atoms with Crippen molar-refractivity contribution in [3.05, 3.63) is 64.9 Å². The summed E-state index contributed by atoms with van der Waals surface area (Å²) in [4.78, 5) is 16.6. The average Bonchev–Trinajstić information content (AvgIpc) is 3.14. The Hall–Kier alpha value is -3.04. The van der Waals surface area contributed by atoms with Crippen molar-refractivity contribution in [3.8, 4) is 6.07 Å². The molecule has 0 bridgehead atoms. The molecule has 6 nitrogen and oxygen atoms in total. The van der Waals surface area contributed by atoms with Gasteiger partial charge in [0, 0.05) is 28.9 Å². The van der Waals surface area contributed by atoms with Crippen LogP contribution in [0.15, 0.2) is 48.7 Å². The molecule has 142 valence electrons. The summed E-state index contributed by atoms with van der Waals surface area (Å²) in [7, 11) is 0. The minimum absolute atomic E-state index is 0.0553. The maximum atomic E-state index is 12.4. The molecule has 1 aromatic carbocycles. The van der Waals surface area contributed by atoms with Gasteiger partial charge in [-0.2, -0.15) is 5.26 Å². The largest absolute Gasteiger partial charge is 0.368 e. The molecule has 1 aliphatic carbocycles. The van der Waals surface area contributed by atoms with Gasteiger partial charge in [0.2, 0.25) is 0 Å². The van der Waals surface area contributed by atoms with Gasteiger partial charge in [-0.3, -0.25) is 9.20 Å². The Morgan fingerprint density at radius 1 is 1.11 bits per heavy atom. The molecule has 1 fully saturated rings. The van der Waals surface area contributed by atoms with E-state index in [0.29, 0.717) is 22.3 Å². The van der Waals surface area contributed by atoms with Crippen LogP contribution in [-0.2, 0) is 0 Å². The number of carbonyl (C=O) groups excluding carboxylic acids is 1. The molecule has 28 heavy (non-hydrogen) atoms. The fourth-order valence-corrected chi connectivity index (χ4v) is 3.77. The Morgan fingerprint density at radius 3 is 2.54 bits per heavy atom. The van der Waals surface area contributed by atoms with Gasteiger partial charge >= 0.3 is 0 Å². The lowest BCUT2D eigenvalue weighted by molar-refractivity contribution is 0.0926. The zero-order chi connectivity index (χ0) is 19.5. The van der Waals surface area contributed by atoms with Crippen molar-refractivity contribution in [2.24, 2.45) is 0 Å². The van der Waals surface area contributed by atoms with Gasteiger partial charge in [0.25, 0.3) is 5.91 Å². The monoisotopic (exact) mass is 393 g/mol. The first kappa shape index (κ1) is 18.3. The molecule has 2 N–H and O–H groups in total. The van der Waals surface area contributed by atoms with Gasteiger partial charge in [-0.1, -0.05) is 17.7 Å². The number of benzene rings is 1. The highest BCUT2D eigenvalue weighted by atomic mass is 35.5. The van der Waals surface area contributed by atoms with Crippen LogP contribution in [0.4, 0.5) is 5.82 Å². The summed E-state index contributed by atoms with van der Waals surface area (Å²) in [5.74, 6) is 0.875. The molecule has 0 radical (unpaired) electrons. The molecule has 0 unspecified atom stereocenters. The van der Waals surface area contributed by atoms with Crippen LogP contribution in [0.1, 0.15) is 41.7 Å². The van der Waals surface area contributed by atoms with E-state index in [1.54, 1.807) is 30.5 Å². The van der Waals surface area contributed by atoms with E-state index in [1.807, 2.05) is 22.6 Å². The van der Waals surface area contributed by atoms with Gasteiger partial charge in [-0.15, -0.1) is 0 Å². The fraction of sp³-hybridized carbons (Fsp3) is 0.286. The lowest BCUT2D eigenvalue weighted by atomic mass is 9.91. The van der Waals surface area contributed by atoms with Crippen molar-refractivity contribution in [3.63, 3.8) is 0 Å². The molecular weight excluding hydrogens is 374 g/mol. The van der Waals surface area contributed by atoms with Gasteiger partial charge in [-0.05, 0) is 62.1 Å². The predicted molar refractivity (Wildman–Crippen MR) is 108 cm³/mol. The number of pyridine rings is 1. The number of nitrogens with one attached hydrogen (secondary N) is 2. The second kappa shape index (κ2) is 7.91. The van der Waals surface area contributed by atoms with Crippen molar-refractivity contribution < 1.29 is 4.79 Å². The third-order valence-corrected chi connectivity index (χ3v) is 5.38. The average molecular weight is 394 g/mol. The second-order valence-corrected chi connectivity index (χ2v) is 7.49. The van der Waals surface area contributed by atoms with E-state index in [4.69, 9.17) is 16.9 Å². The van der Waals surface area contributed by atoms with Gasteiger partial charge in [-0.25, -0.2) is 4.98 Å². The van der Waals surface area contributed by atoms with Gasteiger partial charge < -0.3 is 10.6 Å². The molecule has 0 spiro atoms. The molecule has 7 heteroatoms. The van der Waals surface area contributed by atoms with Crippen LogP contribution >= 0.6 is 11.6 Å². The first-order chi connectivity index (χ1) is 13.6. The zero-order valence-electron chi connectivity index (χ0n) is 15.2. The Labute approximate surface area is 168 Å². The van der Waals surface area contributed by atoms with Crippen molar-refractivity contribution in [2.45, 2.75) is 37.8 Å². The van der Waals surface area contributed by atoms with Crippen molar-refractivity contribution in [1.29, 1.82) is 5.26 Å². The molecule has 4 rings (SSSR count). The minimum Gasteiger partial charge on any atom is -0.368 e. The maximum Gasteiger partial charge on any atom is 0.251 e. The topological polar surface area (TPSA) is 82.2 Å². The Balaban J connectivity index is 1.34. The molecule has 2 heterocycles. The Bertz CT molecular complexity index is 1030. The van der Waals surface area contributed by atoms with Crippen LogP contribution in [0.5, 0.6) is 0 Å². The highest BCUT2D eigenvalue weighted by molar-refractivity contribution is 6.30. The first-order valence-electron chi connectivity index (χ1n) is 9.33. The van der Waals surface area contributed by atoms with E-state index in [1.165, 1.54) is 0 Å². The first-order valence-corrected chi connectivity index (χ1v) is 9.71. The molecule has 1 saturated carbocycles. The third-order valence-electron chi connectivity index (χ3n) is 5.13. The van der Waals surface area contributed by atoms with Crippen LogP contribution in [0.2, 0.25) is 5.02 Å². The summed E-state index contributed by atoms with van der Waals surface area (Å²) in [5, 5.41) is 16.4. The second-order valence-electron chi connectivity index (χ2n) is 7.05.